The highest BCUT2D eigenvalue weighted by Crippen LogP contribution is 2.40. The molecule has 1 unspecified atom stereocenters. The molecule has 0 amide bonds. The van der Waals surface area contributed by atoms with Crippen molar-refractivity contribution in [1.29, 1.82) is 0 Å². The number of hydrogen-bond acceptors (Lipinski definition) is 3. The van der Waals surface area contributed by atoms with Crippen molar-refractivity contribution in [2.45, 2.75) is 26.7 Å². The molecule has 0 aliphatic carbocycles. The highest BCUT2D eigenvalue weighted by atomic mass is 32.1. The number of aliphatic imine (C=N–C) groups is 1. The van der Waals surface area contributed by atoms with Gasteiger partial charge < -0.3 is 4.90 Å². The van der Waals surface area contributed by atoms with E-state index in [0.717, 1.165) is 45.8 Å². The van der Waals surface area contributed by atoms with Crippen molar-refractivity contribution in [3.8, 4) is 21.8 Å². The number of rotatable bonds is 4. The third-order valence-electron chi connectivity index (χ3n) is 6.15. The Labute approximate surface area is 200 Å². The smallest absolute Gasteiger partial charge is 0.146 e. The molecule has 3 aromatic carbocycles. The minimum atomic E-state index is 0.671. The Hall–Kier alpha value is -3.24. The van der Waals surface area contributed by atoms with Crippen LogP contribution in [0.15, 0.2) is 89.9 Å². The van der Waals surface area contributed by atoms with E-state index >= 15 is 0 Å². The highest BCUT2D eigenvalue weighted by molar-refractivity contribution is 7.19. The van der Waals surface area contributed by atoms with Crippen LogP contribution in [0, 0.1) is 12.8 Å². The maximum absolute atomic E-state index is 5.34. The summed E-state index contributed by atoms with van der Waals surface area (Å²) in [5.74, 6) is 1.73. The zero-order valence-corrected chi connectivity index (χ0v) is 20.1. The normalized spacial score (nSPS) is 16.7. The number of thiazole rings is 1. The second-order valence-electron chi connectivity index (χ2n) is 8.90. The van der Waals surface area contributed by atoms with Crippen LogP contribution in [0.1, 0.15) is 30.9 Å². The third-order valence-corrected chi connectivity index (χ3v) is 7.15. The average Bonchev–Trinajstić information content (AvgIpc) is 3.28. The van der Waals surface area contributed by atoms with E-state index in [0.29, 0.717) is 5.92 Å². The zero-order valence-electron chi connectivity index (χ0n) is 19.2. The summed E-state index contributed by atoms with van der Waals surface area (Å²) in [5, 5.41) is 1.97. The molecule has 1 aromatic heterocycles. The number of likely N-dealkylation sites (tertiary alicyclic amines) is 1. The second kappa shape index (κ2) is 9.72. The third kappa shape index (κ3) is 4.91. The number of aromatic nitrogens is 1. The molecule has 1 aliphatic rings. The minimum Gasteiger partial charge on any atom is -0.356 e. The van der Waals surface area contributed by atoms with Crippen LogP contribution in [0.25, 0.3) is 21.8 Å². The number of piperidine rings is 1. The van der Waals surface area contributed by atoms with Gasteiger partial charge in [0.25, 0.3) is 0 Å². The lowest BCUT2D eigenvalue weighted by molar-refractivity contribution is 0.274. The molecule has 0 radical (unpaired) electrons. The molecule has 2 heterocycles. The van der Waals surface area contributed by atoms with E-state index in [2.05, 4.69) is 91.5 Å². The molecule has 3 nitrogen and oxygen atoms in total. The first kappa shape index (κ1) is 21.6. The number of benzene rings is 3. The summed E-state index contributed by atoms with van der Waals surface area (Å²) >= 11 is 1.67. The second-order valence-corrected chi connectivity index (χ2v) is 9.88. The molecule has 5 rings (SSSR count). The first-order valence-electron chi connectivity index (χ1n) is 11.7. The zero-order chi connectivity index (χ0) is 22.6. The summed E-state index contributed by atoms with van der Waals surface area (Å²) in [4.78, 5) is 12.9. The van der Waals surface area contributed by atoms with Crippen LogP contribution in [-0.4, -0.2) is 28.8 Å². The Bertz CT molecular complexity index is 1230. The van der Waals surface area contributed by atoms with Gasteiger partial charge in [-0.15, -0.1) is 0 Å². The Morgan fingerprint density at radius 2 is 1.58 bits per heavy atom. The Morgan fingerprint density at radius 3 is 2.24 bits per heavy atom. The summed E-state index contributed by atoms with van der Waals surface area (Å²) in [5.41, 5.74) is 5.62. The van der Waals surface area contributed by atoms with Crippen LogP contribution in [-0.2, 0) is 0 Å². The van der Waals surface area contributed by atoms with Crippen LogP contribution in [0.2, 0.25) is 0 Å². The van der Waals surface area contributed by atoms with Gasteiger partial charge in [-0.3, -0.25) is 0 Å². The van der Waals surface area contributed by atoms with E-state index < -0.39 is 0 Å². The number of hydrogen-bond donors (Lipinski definition) is 0. The molecule has 0 bridgehead atoms. The summed E-state index contributed by atoms with van der Waals surface area (Å²) in [7, 11) is 0. The molecule has 4 heteroatoms. The van der Waals surface area contributed by atoms with E-state index in [1.54, 1.807) is 11.3 Å². The maximum atomic E-state index is 5.34. The van der Waals surface area contributed by atoms with Gasteiger partial charge in [0.05, 0.1) is 0 Å². The summed E-state index contributed by atoms with van der Waals surface area (Å²) in [6, 6.07) is 29.6. The monoisotopic (exact) mass is 451 g/mol. The van der Waals surface area contributed by atoms with Crippen molar-refractivity contribution in [2.75, 3.05) is 13.1 Å². The summed E-state index contributed by atoms with van der Waals surface area (Å²) < 4.78 is 0. The maximum Gasteiger partial charge on any atom is 0.146 e. The van der Waals surface area contributed by atoms with E-state index in [1.807, 2.05) is 12.1 Å². The standard InChI is InChI=1S/C29H29N3S/c1-21-15-17-24(18-16-21)27(32-19-9-10-22(2)20-32)31-29-26(23-11-5-3-6-12-23)30-28(33-29)25-13-7-4-8-14-25/h3-8,11-18,22H,9-10,19-20H2,1-2H3. The van der Waals surface area contributed by atoms with E-state index in [1.165, 1.54) is 24.0 Å². The molecular weight excluding hydrogens is 422 g/mol. The van der Waals surface area contributed by atoms with Crippen molar-refractivity contribution in [2.24, 2.45) is 10.9 Å². The topological polar surface area (TPSA) is 28.5 Å². The lowest BCUT2D eigenvalue weighted by Crippen LogP contribution is -2.39. The molecule has 4 aromatic rings. The van der Waals surface area contributed by atoms with Crippen molar-refractivity contribution < 1.29 is 0 Å². The predicted octanol–water partition coefficient (Wildman–Crippen LogP) is 7.60. The molecule has 33 heavy (non-hydrogen) atoms. The molecule has 1 fully saturated rings. The van der Waals surface area contributed by atoms with Gasteiger partial charge >= 0.3 is 0 Å². The van der Waals surface area contributed by atoms with Gasteiger partial charge in [-0.05, 0) is 25.7 Å². The Morgan fingerprint density at radius 1 is 0.909 bits per heavy atom. The molecule has 166 valence electrons. The molecule has 0 spiro atoms. The molecule has 1 saturated heterocycles. The first-order valence-corrected chi connectivity index (χ1v) is 12.5. The molecule has 0 N–H and O–H groups in total. The van der Waals surface area contributed by atoms with E-state index in [-0.39, 0.29) is 0 Å². The van der Waals surface area contributed by atoms with Crippen molar-refractivity contribution >= 4 is 22.2 Å². The van der Waals surface area contributed by atoms with Crippen molar-refractivity contribution in [3.63, 3.8) is 0 Å². The van der Waals surface area contributed by atoms with Crippen molar-refractivity contribution in [1.82, 2.24) is 9.88 Å². The fourth-order valence-electron chi connectivity index (χ4n) is 4.37. The van der Waals surface area contributed by atoms with Gasteiger partial charge in [0.15, 0.2) is 0 Å². The van der Waals surface area contributed by atoms with Gasteiger partial charge in [-0.2, -0.15) is 0 Å². The average molecular weight is 452 g/mol. The molecule has 0 saturated carbocycles. The Balaban J connectivity index is 1.66. The minimum absolute atomic E-state index is 0.671. The number of nitrogens with zero attached hydrogens (tertiary/aromatic N) is 3. The van der Waals surface area contributed by atoms with E-state index in [9.17, 15) is 0 Å². The van der Waals surface area contributed by atoms with Crippen LogP contribution >= 0.6 is 11.3 Å². The molecular formula is C29H29N3S. The van der Waals surface area contributed by atoms with Gasteiger partial charge in [0.2, 0.25) is 0 Å². The Kier molecular flexibility index (Phi) is 6.36. The highest BCUT2D eigenvalue weighted by Gasteiger charge is 2.23. The molecule has 1 aliphatic heterocycles. The number of amidine groups is 1. The van der Waals surface area contributed by atoms with E-state index in [4.69, 9.17) is 9.98 Å². The fraction of sp³-hybridized carbons (Fsp3) is 0.241. The first-order chi connectivity index (χ1) is 16.2. The lowest BCUT2D eigenvalue weighted by Gasteiger charge is -2.33. The number of aryl methyl sites for hydroxylation is 1. The van der Waals surface area contributed by atoms with Gasteiger partial charge in [0.1, 0.15) is 21.5 Å². The fourth-order valence-corrected chi connectivity index (χ4v) is 5.34. The summed E-state index contributed by atoms with van der Waals surface area (Å²) in [6.45, 7) is 6.56. The van der Waals surface area contributed by atoms with Gasteiger partial charge in [0, 0.05) is 29.8 Å². The van der Waals surface area contributed by atoms with Crippen LogP contribution < -0.4 is 0 Å². The van der Waals surface area contributed by atoms with Crippen LogP contribution in [0.3, 0.4) is 0 Å². The van der Waals surface area contributed by atoms with Crippen molar-refractivity contribution in [3.05, 3.63) is 96.1 Å². The SMILES string of the molecule is Cc1ccc(C(=Nc2sc(-c3ccccc3)nc2-c2ccccc2)N2CCCC(C)C2)cc1. The molecule has 1 atom stereocenters. The quantitative estimate of drug-likeness (QED) is 0.236. The summed E-state index contributed by atoms with van der Waals surface area (Å²) in [6.07, 6.45) is 2.49. The predicted molar refractivity (Wildman–Crippen MR) is 140 cm³/mol. The van der Waals surface area contributed by atoms with Gasteiger partial charge in [-0.25, -0.2) is 9.98 Å². The van der Waals surface area contributed by atoms with Crippen LogP contribution in [0.4, 0.5) is 5.00 Å². The largest absolute Gasteiger partial charge is 0.356 e. The van der Waals surface area contributed by atoms with Gasteiger partial charge in [-0.1, -0.05) is 109 Å². The van der Waals surface area contributed by atoms with Crippen LogP contribution in [0.5, 0.6) is 0 Å². The lowest BCUT2D eigenvalue weighted by atomic mass is 9.99.